The molecule has 23 heavy (non-hydrogen) atoms. The molecule has 0 atom stereocenters. The van der Waals surface area contributed by atoms with E-state index >= 15 is 0 Å². The quantitative estimate of drug-likeness (QED) is 0.901. The number of fused-ring (bicyclic) bond motifs is 1. The monoisotopic (exact) mass is 352 g/mol. The van der Waals surface area contributed by atoms with Gasteiger partial charge >= 0.3 is 0 Å². The van der Waals surface area contributed by atoms with Gasteiger partial charge in [0.15, 0.2) is 0 Å². The van der Waals surface area contributed by atoms with E-state index in [1.165, 1.54) is 19.2 Å². The van der Waals surface area contributed by atoms with Crippen LogP contribution in [0.1, 0.15) is 18.7 Å². The summed E-state index contributed by atoms with van der Waals surface area (Å²) in [5, 5.41) is 9.63. The zero-order valence-electron chi connectivity index (χ0n) is 12.4. The van der Waals surface area contributed by atoms with Gasteiger partial charge in [0.25, 0.3) is 0 Å². The number of aryl methyl sites for hydroxylation is 1. The van der Waals surface area contributed by atoms with Gasteiger partial charge in [-0.2, -0.15) is 15.0 Å². The molecule has 120 valence electrons. The van der Waals surface area contributed by atoms with Gasteiger partial charge in [0.2, 0.25) is 15.9 Å². The molecule has 0 radical (unpaired) electrons. The lowest BCUT2D eigenvalue weighted by Gasteiger charge is -2.12. The topological polar surface area (TPSA) is 105 Å². The third kappa shape index (κ3) is 2.83. The number of nitrogens with zero attached hydrogens (tertiary/aromatic N) is 3. The number of halogens is 1. The number of benzene rings is 1. The summed E-state index contributed by atoms with van der Waals surface area (Å²) in [6.07, 6.45) is 0.991. The number of rotatable bonds is 4. The Kier molecular flexibility index (Phi) is 3.67. The van der Waals surface area contributed by atoms with Gasteiger partial charge in [-0.1, -0.05) is 11.6 Å². The van der Waals surface area contributed by atoms with E-state index in [9.17, 15) is 8.42 Å². The molecule has 2 aromatic rings. The molecule has 0 saturated heterocycles. The van der Waals surface area contributed by atoms with Gasteiger partial charge in [-0.3, -0.25) is 0 Å². The van der Waals surface area contributed by atoms with Crippen LogP contribution in [0.3, 0.4) is 0 Å². The molecule has 0 amide bonds. The van der Waals surface area contributed by atoms with E-state index in [-0.39, 0.29) is 15.8 Å². The summed E-state index contributed by atoms with van der Waals surface area (Å²) in [6, 6.07) is 4.70. The van der Waals surface area contributed by atoms with Crippen LogP contribution in [0.2, 0.25) is 5.02 Å². The molecular weight excluding hydrogens is 340 g/mol. The fourth-order valence-electron chi connectivity index (χ4n) is 2.23. The predicted molar refractivity (Wildman–Crippen MR) is 83.7 cm³/mol. The van der Waals surface area contributed by atoms with Gasteiger partial charge < -0.3 is 4.74 Å². The van der Waals surface area contributed by atoms with Crippen molar-refractivity contribution in [2.24, 2.45) is 0 Å². The van der Waals surface area contributed by atoms with E-state index in [4.69, 9.17) is 21.6 Å². The number of hydrogen-bond acceptors (Lipinski definition) is 6. The van der Waals surface area contributed by atoms with Gasteiger partial charge in [-0.15, -0.1) is 0 Å². The van der Waals surface area contributed by atoms with Crippen LogP contribution in [0.4, 0.5) is 0 Å². The summed E-state index contributed by atoms with van der Waals surface area (Å²) < 4.78 is 32.6. The van der Waals surface area contributed by atoms with E-state index < -0.39 is 15.6 Å². The third-order valence-corrected chi connectivity index (χ3v) is 5.41. The number of methoxy groups -OCH3 is 1. The highest BCUT2D eigenvalue weighted by molar-refractivity contribution is 7.89. The van der Waals surface area contributed by atoms with Crippen LogP contribution in [0.15, 0.2) is 17.0 Å². The highest BCUT2D eigenvalue weighted by Crippen LogP contribution is 2.37. The molecule has 1 heterocycles. The number of aromatic nitrogens is 2. The van der Waals surface area contributed by atoms with Gasteiger partial charge in [0.05, 0.1) is 34.0 Å². The lowest BCUT2D eigenvalue weighted by Crippen LogP contribution is -2.35. The molecular formula is C14H13ClN4O3S. The minimum Gasteiger partial charge on any atom is -0.480 e. The van der Waals surface area contributed by atoms with Crippen molar-refractivity contribution >= 4 is 32.5 Å². The van der Waals surface area contributed by atoms with Crippen molar-refractivity contribution in [3.05, 3.63) is 23.0 Å². The minimum absolute atomic E-state index is 0.0534. The van der Waals surface area contributed by atoms with E-state index in [0.29, 0.717) is 29.6 Å². The van der Waals surface area contributed by atoms with Crippen LogP contribution in [-0.4, -0.2) is 31.0 Å². The molecule has 1 aromatic carbocycles. The molecule has 9 heteroatoms. The van der Waals surface area contributed by atoms with E-state index in [1.807, 2.05) is 6.07 Å². The molecule has 1 aromatic heterocycles. The normalized spacial score (nSPS) is 16.1. The van der Waals surface area contributed by atoms with Crippen LogP contribution >= 0.6 is 11.6 Å². The molecule has 3 rings (SSSR count). The average Bonchev–Trinajstić information content (AvgIpc) is 3.26. The van der Waals surface area contributed by atoms with Crippen molar-refractivity contribution in [2.75, 3.05) is 7.11 Å². The summed E-state index contributed by atoms with van der Waals surface area (Å²) in [7, 11) is -2.45. The van der Waals surface area contributed by atoms with Gasteiger partial charge in [-0.25, -0.2) is 13.4 Å². The number of sulfonamides is 1. The summed E-state index contributed by atoms with van der Waals surface area (Å²) in [5.41, 5.74) is -0.593. The maximum Gasteiger partial charge on any atom is 0.242 e. The Morgan fingerprint density at radius 1 is 1.39 bits per heavy atom. The average molecular weight is 353 g/mol. The second kappa shape index (κ2) is 5.30. The second-order valence-electron chi connectivity index (χ2n) is 5.38. The number of hydrogen-bond donors (Lipinski definition) is 1. The van der Waals surface area contributed by atoms with Crippen LogP contribution < -0.4 is 9.46 Å². The highest BCUT2D eigenvalue weighted by atomic mass is 35.5. The zero-order chi connectivity index (χ0) is 16.8. The fraction of sp³-hybridized carbons (Fsp3) is 0.357. The Morgan fingerprint density at radius 2 is 2.09 bits per heavy atom. The molecule has 1 N–H and O–H groups in total. The molecule has 0 aliphatic heterocycles. The van der Waals surface area contributed by atoms with E-state index in [2.05, 4.69) is 14.7 Å². The highest BCUT2D eigenvalue weighted by Gasteiger charge is 2.46. The molecule has 0 unspecified atom stereocenters. The maximum absolute atomic E-state index is 12.5. The lowest BCUT2D eigenvalue weighted by molar-refractivity contribution is 0.401. The van der Waals surface area contributed by atoms with Crippen molar-refractivity contribution in [3.63, 3.8) is 0 Å². The molecule has 1 aliphatic rings. The smallest absolute Gasteiger partial charge is 0.242 e. The van der Waals surface area contributed by atoms with Crippen LogP contribution in [0.5, 0.6) is 5.88 Å². The Hall–Kier alpha value is -1.95. The summed E-state index contributed by atoms with van der Waals surface area (Å²) >= 11 is 6.19. The van der Waals surface area contributed by atoms with E-state index in [0.717, 1.165) is 0 Å². The maximum atomic E-state index is 12.5. The van der Waals surface area contributed by atoms with Crippen LogP contribution in [0.25, 0.3) is 10.9 Å². The van der Waals surface area contributed by atoms with E-state index in [1.54, 1.807) is 6.92 Å². The van der Waals surface area contributed by atoms with Crippen molar-refractivity contribution in [2.45, 2.75) is 30.2 Å². The SMILES string of the molecule is COc1nc(C)nc2c(Cl)cc(S(=O)(=O)NC3(C#N)CC3)cc12. The first-order valence-electron chi connectivity index (χ1n) is 6.77. The first-order chi connectivity index (χ1) is 10.8. The van der Waals surface area contributed by atoms with Crippen molar-refractivity contribution in [1.82, 2.24) is 14.7 Å². The standard InChI is InChI=1S/C14H13ClN4O3S/c1-8-17-12-10(13(18-8)22-2)5-9(6-11(12)15)23(20,21)19-14(7-16)3-4-14/h5-6,19H,3-4H2,1-2H3. The van der Waals surface area contributed by atoms with Crippen LogP contribution in [-0.2, 0) is 10.0 Å². The van der Waals surface area contributed by atoms with Gasteiger partial charge in [-0.05, 0) is 31.9 Å². The Balaban J connectivity index is 2.16. The largest absolute Gasteiger partial charge is 0.480 e. The lowest BCUT2D eigenvalue weighted by atomic mass is 10.2. The Morgan fingerprint density at radius 3 is 2.65 bits per heavy atom. The summed E-state index contributed by atoms with van der Waals surface area (Å²) in [6.45, 7) is 1.69. The number of ether oxygens (including phenoxy) is 1. The van der Waals surface area contributed by atoms with Crippen molar-refractivity contribution in [3.8, 4) is 11.9 Å². The minimum atomic E-state index is -3.88. The predicted octanol–water partition coefficient (Wildman–Crippen LogP) is 1.93. The third-order valence-electron chi connectivity index (χ3n) is 3.60. The van der Waals surface area contributed by atoms with Crippen molar-refractivity contribution in [1.29, 1.82) is 5.26 Å². The Bertz CT molecular complexity index is 949. The molecule has 1 aliphatic carbocycles. The molecule has 1 fully saturated rings. The van der Waals surface area contributed by atoms with Gasteiger partial charge in [0, 0.05) is 0 Å². The second-order valence-corrected chi connectivity index (χ2v) is 7.47. The number of nitriles is 1. The Labute approximate surface area is 138 Å². The molecule has 7 nitrogen and oxygen atoms in total. The van der Waals surface area contributed by atoms with Crippen LogP contribution in [0, 0.1) is 18.3 Å². The van der Waals surface area contributed by atoms with Gasteiger partial charge in [0.1, 0.15) is 11.4 Å². The fourth-order valence-corrected chi connectivity index (χ4v) is 3.99. The summed E-state index contributed by atoms with van der Waals surface area (Å²) in [5.74, 6) is 0.708. The van der Waals surface area contributed by atoms with Crippen molar-refractivity contribution < 1.29 is 13.2 Å². The molecule has 0 spiro atoms. The first-order valence-corrected chi connectivity index (χ1v) is 8.63. The molecule has 0 bridgehead atoms. The summed E-state index contributed by atoms with van der Waals surface area (Å²) in [4.78, 5) is 8.29. The molecule has 1 saturated carbocycles. The number of nitrogens with one attached hydrogen (secondary N) is 1. The first kappa shape index (κ1) is 15.9. The zero-order valence-corrected chi connectivity index (χ0v) is 14.0.